The second-order valence-corrected chi connectivity index (χ2v) is 6.70. The number of fused-ring (bicyclic) bond motifs is 1. The molecule has 3 heteroatoms. The Bertz CT molecular complexity index is 442. The van der Waals surface area contributed by atoms with Crippen LogP contribution in [0.15, 0.2) is 23.1 Å². The summed E-state index contributed by atoms with van der Waals surface area (Å²) in [6.45, 7) is 0.296. The van der Waals surface area contributed by atoms with E-state index in [9.17, 15) is 5.11 Å². The van der Waals surface area contributed by atoms with Gasteiger partial charge in [0.25, 0.3) is 0 Å². The second-order valence-electron chi connectivity index (χ2n) is 5.56. The van der Waals surface area contributed by atoms with Gasteiger partial charge < -0.3 is 10.4 Å². The van der Waals surface area contributed by atoms with Gasteiger partial charge in [-0.3, -0.25) is 0 Å². The second kappa shape index (κ2) is 4.87. The summed E-state index contributed by atoms with van der Waals surface area (Å²) in [5.41, 5.74) is 2.95. The highest BCUT2D eigenvalue weighted by atomic mass is 32.2. The van der Waals surface area contributed by atoms with Crippen molar-refractivity contribution in [2.24, 2.45) is 5.41 Å². The molecule has 98 valence electrons. The van der Waals surface area contributed by atoms with E-state index in [0.29, 0.717) is 12.6 Å². The molecule has 1 aromatic carbocycles. The predicted molar refractivity (Wildman–Crippen MR) is 76.0 cm³/mol. The van der Waals surface area contributed by atoms with Crippen molar-refractivity contribution in [3.8, 4) is 0 Å². The summed E-state index contributed by atoms with van der Waals surface area (Å²) in [7, 11) is 2.01. The van der Waals surface area contributed by atoms with Gasteiger partial charge in [0, 0.05) is 16.4 Å². The van der Waals surface area contributed by atoms with Crippen molar-refractivity contribution in [1.29, 1.82) is 0 Å². The monoisotopic (exact) mass is 263 g/mol. The minimum absolute atomic E-state index is 0.102. The Morgan fingerprint density at radius 2 is 2.28 bits per heavy atom. The maximum Gasteiger partial charge on any atom is 0.0505 e. The van der Waals surface area contributed by atoms with Crippen LogP contribution in [-0.2, 0) is 6.42 Å². The van der Waals surface area contributed by atoms with Gasteiger partial charge in [0.1, 0.15) is 0 Å². The molecule has 2 N–H and O–H groups in total. The van der Waals surface area contributed by atoms with E-state index in [1.54, 1.807) is 0 Å². The first-order chi connectivity index (χ1) is 8.79. The maximum atomic E-state index is 9.61. The number of rotatable bonds is 4. The molecular weight excluding hydrogens is 242 g/mol. The van der Waals surface area contributed by atoms with Crippen LogP contribution >= 0.6 is 11.8 Å². The number of hydrogen-bond donors (Lipinski definition) is 2. The van der Waals surface area contributed by atoms with Crippen molar-refractivity contribution < 1.29 is 5.11 Å². The van der Waals surface area contributed by atoms with Crippen LogP contribution in [0.25, 0.3) is 0 Å². The summed E-state index contributed by atoms with van der Waals surface area (Å²) < 4.78 is 0. The minimum atomic E-state index is 0.102. The number of nitrogens with one attached hydrogen (secondary N) is 1. The first-order valence-electron chi connectivity index (χ1n) is 6.83. The SMILES string of the molecule is CNC(c1ccc2c(c1)CCCS2)C1(CO)CC1. The van der Waals surface area contributed by atoms with E-state index in [2.05, 4.69) is 23.5 Å². The third-order valence-electron chi connectivity index (χ3n) is 4.37. The number of benzene rings is 1. The minimum Gasteiger partial charge on any atom is -0.396 e. The molecule has 0 aromatic heterocycles. The van der Waals surface area contributed by atoms with E-state index in [0.717, 1.165) is 12.8 Å². The summed E-state index contributed by atoms with van der Waals surface area (Å²) in [5, 5.41) is 13.0. The molecule has 1 aromatic rings. The van der Waals surface area contributed by atoms with Crippen LogP contribution in [-0.4, -0.2) is 24.5 Å². The summed E-state index contributed by atoms with van der Waals surface area (Å²) in [6.07, 6.45) is 4.77. The Morgan fingerprint density at radius 3 is 2.94 bits per heavy atom. The van der Waals surface area contributed by atoms with Gasteiger partial charge >= 0.3 is 0 Å². The summed E-state index contributed by atoms with van der Waals surface area (Å²) in [5.74, 6) is 1.25. The Labute approximate surface area is 113 Å². The fraction of sp³-hybridized carbons (Fsp3) is 0.600. The molecule has 18 heavy (non-hydrogen) atoms. The Hall–Kier alpha value is -0.510. The van der Waals surface area contributed by atoms with E-state index < -0.39 is 0 Å². The summed E-state index contributed by atoms with van der Waals surface area (Å²) in [4.78, 5) is 1.45. The fourth-order valence-electron chi connectivity index (χ4n) is 3.08. The van der Waals surface area contributed by atoms with Crippen LogP contribution in [0.2, 0.25) is 0 Å². The average molecular weight is 263 g/mol. The highest BCUT2D eigenvalue weighted by Crippen LogP contribution is 2.54. The van der Waals surface area contributed by atoms with Gasteiger partial charge in [-0.15, -0.1) is 11.8 Å². The molecule has 0 amide bonds. The van der Waals surface area contributed by atoms with E-state index in [4.69, 9.17) is 0 Å². The van der Waals surface area contributed by atoms with Gasteiger partial charge in [-0.1, -0.05) is 12.1 Å². The van der Waals surface area contributed by atoms with Crippen LogP contribution in [0.1, 0.15) is 36.4 Å². The van der Waals surface area contributed by atoms with E-state index in [1.165, 1.54) is 34.6 Å². The predicted octanol–water partition coefficient (Wildman–Crippen LogP) is 2.76. The molecule has 1 fully saturated rings. The van der Waals surface area contributed by atoms with Crippen molar-refractivity contribution in [3.63, 3.8) is 0 Å². The standard InChI is InChI=1S/C15H21NOS/c1-16-14(15(10-17)6-7-15)12-4-5-13-11(9-12)3-2-8-18-13/h4-5,9,14,16-17H,2-3,6-8,10H2,1H3. The van der Waals surface area contributed by atoms with Crippen molar-refractivity contribution in [3.05, 3.63) is 29.3 Å². The molecule has 1 heterocycles. The lowest BCUT2D eigenvalue weighted by molar-refractivity contribution is 0.175. The van der Waals surface area contributed by atoms with E-state index in [1.807, 2.05) is 18.8 Å². The Kier molecular flexibility index (Phi) is 3.39. The van der Waals surface area contributed by atoms with Crippen LogP contribution in [0.5, 0.6) is 0 Å². The van der Waals surface area contributed by atoms with Crippen molar-refractivity contribution >= 4 is 11.8 Å². The van der Waals surface area contributed by atoms with Gasteiger partial charge in [0.05, 0.1) is 6.61 Å². The normalized spacial score (nSPS) is 22.3. The van der Waals surface area contributed by atoms with E-state index >= 15 is 0 Å². The average Bonchev–Trinajstić information content (AvgIpc) is 3.20. The number of aliphatic hydroxyl groups excluding tert-OH is 1. The molecule has 2 aliphatic rings. The first-order valence-corrected chi connectivity index (χ1v) is 7.81. The molecule has 1 atom stereocenters. The van der Waals surface area contributed by atoms with Crippen molar-refractivity contribution in [2.45, 2.75) is 36.6 Å². The molecule has 0 bridgehead atoms. The number of aryl methyl sites for hydroxylation is 1. The molecule has 0 radical (unpaired) electrons. The zero-order valence-electron chi connectivity index (χ0n) is 10.9. The molecule has 1 aliphatic heterocycles. The number of thioether (sulfide) groups is 1. The number of aliphatic hydroxyl groups is 1. The third kappa shape index (κ3) is 2.09. The molecule has 3 rings (SSSR count). The molecule has 1 saturated carbocycles. The third-order valence-corrected chi connectivity index (χ3v) is 5.58. The molecule has 1 unspecified atom stereocenters. The van der Waals surface area contributed by atoms with Crippen molar-refractivity contribution in [2.75, 3.05) is 19.4 Å². The Balaban J connectivity index is 1.91. The van der Waals surface area contributed by atoms with Gasteiger partial charge in [-0.2, -0.15) is 0 Å². The zero-order valence-corrected chi connectivity index (χ0v) is 11.7. The lowest BCUT2D eigenvalue weighted by Gasteiger charge is -2.27. The molecule has 2 nitrogen and oxygen atoms in total. The quantitative estimate of drug-likeness (QED) is 0.876. The van der Waals surface area contributed by atoms with Gasteiger partial charge in [0.2, 0.25) is 0 Å². The van der Waals surface area contributed by atoms with Crippen LogP contribution in [0.3, 0.4) is 0 Å². The van der Waals surface area contributed by atoms with Crippen LogP contribution in [0.4, 0.5) is 0 Å². The first kappa shape index (κ1) is 12.5. The smallest absolute Gasteiger partial charge is 0.0505 e. The molecule has 0 spiro atoms. The summed E-state index contributed by atoms with van der Waals surface area (Å²) in [6, 6.07) is 7.18. The maximum absolute atomic E-state index is 9.61. The van der Waals surface area contributed by atoms with Crippen molar-refractivity contribution in [1.82, 2.24) is 5.32 Å². The van der Waals surface area contributed by atoms with Crippen LogP contribution in [0, 0.1) is 5.41 Å². The highest BCUT2D eigenvalue weighted by molar-refractivity contribution is 7.99. The molecule has 1 aliphatic carbocycles. The van der Waals surface area contributed by atoms with E-state index in [-0.39, 0.29) is 5.41 Å². The van der Waals surface area contributed by atoms with Gasteiger partial charge in [-0.05, 0) is 55.7 Å². The lowest BCUT2D eigenvalue weighted by Crippen LogP contribution is -2.29. The van der Waals surface area contributed by atoms with Gasteiger partial charge in [0.15, 0.2) is 0 Å². The van der Waals surface area contributed by atoms with Crippen LogP contribution < -0.4 is 5.32 Å². The fourth-order valence-corrected chi connectivity index (χ4v) is 4.10. The summed E-state index contributed by atoms with van der Waals surface area (Å²) >= 11 is 1.98. The molecular formula is C15H21NOS. The largest absolute Gasteiger partial charge is 0.396 e. The number of hydrogen-bond acceptors (Lipinski definition) is 3. The highest BCUT2D eigenvalue weighted by Gasteiger charge is 2.48. The lowest BCUT2D eigenvalue weighted by atomic mass is 9.89. The topological polar surface area (TPSA) is 32.3 Å². The Morgan fingerprint density at radius 1 is 1.44 bits per heavy atom. The molecule has 0 saturated heterocycles. The zero-order chi connectivity index (χ0) is 12.6. The van der Waals surface area contributed by atoms with Gasteiger partial charge in [-0.25, -0.2) is 0 Å².